The van der Waals surface area contributed by atoms with Crippen molar-refractivity contribution in [2.24, 2.45) is 0 Å². The van der Waals surface area contributed by atoms with Crippen molar-refractivity contribution in [2.75, 3.05) is 0 Å². The van der Waals surface area contributed by atoms with Crippen molar-refractivity contribution in [3.63, 3.8) is 0 Å². The summed E-state index contributed by atoms with van der Waals surface area (Å²) in [4.78, 5) is 12.0. The van der Waals surface area contributed by atoms with Gasteiger partial charge in [0.25, 0.3) is 0 Å². The fourth-order valence-electron chi connectivity index (χ4n) is 3.72. The molecule has 0 atom stereocenters. The largest absolute Gasteiger partial charge is 0.478 e. The molecule has 5 heteroatoms. The molecule has 0 aliphatic heterocycles. The molecule has 0 aliphatic rings. The second kappa shape index (κ2) is 8.07. The number of nitrogens with one attached hydrogen (secondary N) is 1. The SMILES string of the molecule is Cc1ccc(C)c(Cn2c(C)c(CNCc3ccc(C)o3)c(C(=O)O)c2C)c1. The van der Waals surface area contributed by atoms with Crippen LogP contribution in [0.5, 0.6) is 0 Å². The van der Waals surface area contributed by atoms with Gasteiger partial charge in [-0.2, -0.15) is 0 Å². The standard InChI is InChI=1S/C23H28N2O3/c1-14-6-7-15(2)19(10-14)13-25-17(4)21(22(18(25)5)23(26)27)12-24-11-20-9-8-16(3)28-20/h6-10,24H,11-13H2,1-5H3,(H,26,27). The lowest BCUT2D eigenvalue weighted by molar-refractivity contribution is 0.0694. The van der Waals surface area contributed by atoms with Crippen molar-refractivity contribution in [1.82, 2.24) is 9.88 Å². The number of aryl methyl sites for hydroxylation is 3. The van der Waals surface area contributed by atoms with Gasteiger partial charge in [-0.1, -0.05) is 23.8 Å². The maximum atomic E-state index is 12.0. The highest BCUT2D eigenvalue weighted by Gasteiger charge is 2.22. The summed E-state index contributed by atoms with van der Waals surface area (Å²) in [6, 6.07) is 10.2. The second-order valence-electron chi connectivity index (χ2n) is 7.46. The molecule has 5 nitrogen and oxygen atoms in total. The van der Waals surface area contributed by atoms with Gasteiger partial charge in [0, 0.05) is 30.0 Å². The molecule has 28 heavy (non-hydrogen) atoms. The number of carbonyl (C=O) groups is 1. The van der Waals surface area contributed by atoms with Crippen LogP contribution in [-0.2, 0) is 19.6 Å². The Labute approximate surface area is 166 Å². The molecule has 0 saturated heterocycles. The molecule has 3 rings (SSSR count). The average Bonchev–Trinajstić information content (AvgIpc) is 3.14. The fourth-order valence-corrected chi connectivity index (χ4v) is 3.72. The van der Waals surface area contributed by atoms with Crippen molar-refractivity contribution in [2.45, 2.75) is 54.3 Å². The number of nitrogens with zero attached hydrogens (tertiary/aromatic N) is 1. The third-order valence-corrected chi connectivity index (χ3v) is 5.35. The molecule has 0 bridgehead atoms. The molecule has 0 spiro atoms. The summed E-state index contributed by atoms with van der Waals surface area (Å²) in [6.45, 7) is 11.7. The molecule has 1 aromatic carbocycles. The number of carboxylic acid groups (broad SMARTS) is 1. The molecule has 0 fully saturated rings. The Morgan fingerprint density at radius 1 is 1.04 bits per heavy atom. The van der Waals surface area contributed by atoms with Crippen LogP contribution in [0.2, 0.25) is 0 Å². The Balaban J connectivity index is 1.88. The van der Waals surface area contributed by atoms with E-state index in [0.717, 1.165) is 28.5 Å². The zero-order valence-corrected chi connectivity index (χ0v) is 17.2. The molecule has 0 saturated carbocycles. The van der Waals surface area contributed by atoms with Gasteiger partial charge in [-0.05, 0) is 57.9 Å². The number of furan rings is 1. The third-order valence-electron chi connectivity index (χ3n) is 5.35. The van der Waals surface area contributed by atoms with Crippen molar-refractivity contribution in [3.8, 4) is 0 Å². The topological polar surface area (TPSA) is 67.4 Å². The van der Waals surface area contributed by atoms with Crippen LogP contribution in [0, 0.1) is 34.6 Å². The monoisotopic (exact) mass is 380 g/mol. The zero-order valence-electron chi connectivity index (χ0n) is 17.2. The van der Waals surface area contributed by atoms with Gasteiger partial charge in [-0.3, -0.25) is 0 Å². The van der Waals surface area contributed by atoms with Crippen molar-refractivity contribution < 1.29 is 14.3 Å². The molecule has 0 unspecified atom stereocenters. The van der Waals surface area contributed by atoms with Crippen LogP contribution in [0.15, 0.2) is 34.7 Å². The Hall–Kier alpha value is -2.79. The van der Waals surface area contributed by atoms with Crippen LogP contribution in [0.3, 0.4) is 0 Å². The number of rotatable bonds is 7. The number of hydrogen-bond donors (Lipinski definition) is 2. The van der Waals surface area contributed by atoms with Gasteiger partial charge < -0.3 is 19.4 Å². The summed E-state index contributed by atoms with van der Waals surface area (Å²) in [7, 11) is 0. The minimum Gasteiger partial charge on any atom is -0.478 e. The van der Waals surface area contributed by atoms with E-state index in [-0.39, 0.29) is 0 Å². The molecule has 0 aliphatic carbocycles. The van der Waals surface area contributed by atoms with Crippen molar-refractivity contribution in [3.05, 3.63) is 81.1 Å². The van der Waals surface area contributed by atoms with Gasteiger partial charge in [0.05, 0.1) is 12.1 Å². The highest BCUT2D eigenvalue weighted by atomic mass is 16.4. The van der Waals surface area contributed by atoms with Crippen molar-refractivity contribution >= 4 is 5.97 Å². The van der Waals surface area contributed by atoms with Crippen LogP contribution in [0.25, 0.3) is 0 Å². The molecule has 0 amide bonds. The number of benzene rings is 1. The maximum Gasteiger partial charge on any atom is 0.337 e. The molecule has 2 heterocycles. The van der Waals surface area contributed by atoms with Crippen LogP contribution >= 0.6 is 0 Å². The van der Waals surface area contributed by atoms with E-state index in [4.69, 9.17) is 4.42 Å². The highest BCUT2D eigenvalue weighted by molar-refractivity contribution is 5.91. The summed E-state index contributed by atoms with van der Waals surface area (Å²) in [5.74, 6) is 0.833. The van der Waals surface area contributed by atoms with Crippen LogP contribution in [0.4, 0.5) is 0 Å². The summed E-state index contributed by atoms with van der Waals surface area (Å²) >= 11 is 0. The molecule has 0 radical (unpaired) electrons. The first-order chi connectivity index (χ1) is 13.3. The summed E-state index contributed by atoms with van der Waals surface area (Å²) in [6.07, 6.45) is 0. The Morgan fingerprint density at radius 3 is 2.43 bits per heavy atom. The second-order valence-corrected chi connectivity index (χ2v) is 7.46. The van der Waals surface area contributed by atoms with E-state index in [9.17, 15) is 9.90 Å². The predicted octanol–water partition coefficient (Wildman–Crippen LogP) is 4.66. The van der Waals surface area contributed by atoms with Crippen LogP contribution in [0.1, 0.15) is 55.5 Å². The zero-order chi connectivity index (χ0) is 20.4. The maximum absolute atomic E-state index is 12.0. The normalized spacial score (nSPS) is 11.2. The molecule has 148 valence electrons. The van der Waals surface area contributed by atoms with E-state index in [2.05, 4.69) is 41.9 Å². The van der Waals surface area contributed by atoms with Crippen LogP contribution in [-0.4, -0.2) is 15.6 Å². The van der Waals surface area contributed by atoms with Crippen molar-refractivity contribution in [1.29, 1.82) is 0 Å². The lowest BCUT2D eigenvalue weighted by Gasteiger charge is -2.13. The van der Waals surface area contributed by atoms with E-state index in [0.29, 0.717) is 25.2 Å². The summed E-state index contributed by atoms with van der Waals surface area (Å²) in [5, 5.41) is 13.1. The van der Waals surface area contributed by atoms with Gasteiger partial charge in [0.2, 0.25) is 0 Å². The first kappa shape index (κ1) is 20.0. The molecule has 3 aromatic rings. The van der Waals surface area contributed by atoms with E-state index in [1.54, 1.807) is 0 Å². The van der Waals surface area contributed by atoms with Gasteiger partial charge in [-0.25, -0.2) is 4.79 Å². The van der Waals surface area contributed by atoms with Gasteiger partial charge in [-0.15, -0.1) is 0 Å². The molecule has 2 N–H and O–H groups in total. The van der Waals surface area contributed by atoms with Crippen LogP contribution < -0.4 is 5.32 Å². The van der Waals surface area contributed by atoms with E-state index < -0.39 is 5.97 Å². The first-order valence-corrected chi connectivity index (χ1v) is 9.52. The summed E-state index contributed by atoms with van der Waals surface area (Å²) in [5.41, 5.74) is 6.63. The third kappa shape index (κ3) is 4.04. The van der Waals surface area contributed by atoms with Gasteiger partial charge in [0.15, 0.2) is 0 Å². The molecule has 2 aromatic heterocycles. The van der Waals surface area contributed by atoms with E-state index >= 15 is 0 Å². The van der Waals surface area contributed by atoms with Gasteiger partial charge >= 0.3 is 5.97 Å². The fraction of sp³-hybridized carbons (Fsp3) is 0.348. The van der Waals surface area contributed by atoms with E-state index in [1.165, 1.54) is 16.7 Å². The number of carboxylic acids is 1. The highest BCUT2D eigenvalue weighted by Crippen LogP contribution is 2.25. The minimum atomic E-state index is -0.883. The molecular weight excluding hydrogens is 352 g/mol. The Morgan fingerprint density at radius 2 is 1.79 bits per heavy atom. The first-order valence-electron chi connectivity index (χ1n) is 9.52. The van der Waals surface area contributed by atoms with E-state index in [1.807, 2.05) is 32.9 Å². The molecular formula is C23H28N2O3. The number of hydrogen-bond acceptors (Lipinski definition) is 3. The van der Waals surface area contributed by atoms with Gasteiger partial charge in [0.1, 0.15) is 11.5 Å². The smallest absolute Gasteiger partial charge is 0.337 e. The summed E-state index contributed by atoms with van der Waals surface area (Å²) < 4.78 is 7.69. The lowest BCUT2D eigenvalue weighted by Crippen LogP contribution is -2.15. The minimum absolute atomic E-state index is 0.394. The average molecular weight is 380 g/mol. The number of aromatic nitrogens is 1. The Bertz CT molecular complexity index is 1010. The quantitative estimate of drug-likeness (QED) is 0.626. The number of aromatic carboxylic acids is 1. The predicted molar refractivity (Wildman–Crippen MR) is 110 cm³/mol. The lowest BCUT2D eigenvalue weighted by atomic mass is 10.1. The Kier molecular flexibility index (Phi) is 5.75.